The third-order valence-corrected chi connectivity index (χ3v) is 2.55. The minimum absolute atomic E-state index is 0.0197. The van der Waals surface area contributed by atoms with Crippen LogP contribution in [0.15, 0.2) is 28.1 Å². The molecule has 0 aliphatic rings. The molecule has 2 heterocycles. The van der Waals surface area contributed by atoms with Gasteiger partial charge in [-0.25, -0.2) is 4.98 Å². The number of oxazole rings is 1. The number of hydrogen-bond donors (Lipinski definition) is 1. The number of carbonyl (C=O) groups excluding carboxylic acids is 2. The number of aromatic nitrogens is 1. The van der Waals surface area contributed by atoms with Crippen LogP contribution in [0, 0.1) is 0 Å². The molecule has 0 saturated carbocycles. The molecule has 0 radical (unpaired) electrons. The quantitative estimate of drug-likeness (QED) is 0.787. The van der Waals surface area contributed by atoms with Crippen LogP contribution < -0.4 is 5.73 Å². The van der Waals surface area contributed by atoms with Crippen molar-refractivity contribution in [3.8, 4) is 0 Å². The predicted octanol–water partition coefficient (Wildman–Crippen LogP) is 1.07. The largest absolute Gasteiger partial charge is 0.429 e. The van der Waals surface area contributed by atoms with Gasteiger partial charge in [-0.2, -0.15) is 0 Å². The Morgan fingerprint density at radius 2 is 2.27 bits per heavy atom. The molecule has 2 rings (SSSR count). The van der Waals surface area contributed by atoms with Crippen LogP contribution in [0.5, 0.6) is 0 Å². The lowest BCUT2D eigenvalue weighted by molar-refractivity contribution is 0.0958. The highest BCUT2D eigenvalue weighted by Gasteiger charge is 2.17. The van der Waals surface area contributed by atoms with E-state index in [0.717, 1.165) is 0 Å². The number of primary amides is 1. The summed E-state index contributed by atoms with van der Waals surface area (Å²) in [5, 5.41) is 1.78. The van der Waals surface area contributed by atoms with Gasteiger partial charge in [0.2, 0.25) is 5.78 Å². The fraction of sp³-hybridized carbons (Fsp3) is 0. The lowest BCUT2D eigenvalue weighted by Crippen LogP contribution is -2.10. The molecule has 76 valence electrons. The van der Waals surface area contributed by atoms with Crippen molar-refractivity contribution < 1.29 is 14.0 Å². The van der Waals surface area contributed by atoms with E-state index in [1.807, 2.05) is 0 Å². The Morgan fingerprint density at radius 1 is 1.47 bits per heavy atom. The second-order valence-corrected chi connectivity index (χ2v) is 3.65. The van der Waals surface area contributed by atoms with E-state index in [1.165, 1.54) is 17.5 Å². The van der Waals surface area contributed by atoms with Gasteiger partial charge in [-0.15, -0.1) is 11.3 Å². The van der Waals surface area contributed by atoms with Crippen LogP contribution in [0.2, 0.25) is 0 Å². The lowest BCUT2D eigenvalue weighted by atomic mass is 10.3. The molecule has 0 saturated heterocycles. The Kier molecular flexibility index (Phi) is 2.34. The van der Waals surface area contributed by atoms with Crippen molar-refractivity contribution in [2.24, 2.45) is 5.73 Å². The molecule has 2 aromatic heterocycles. The number of nitrogens with zero attached hydrogens (tertiary/aromatic N) is 1. The van der Waals surface area contributed by atoms with Crippen molar-refractivity contribution in [3.05, 3.63) is 40.2 Å². The summed E-state index contributed by atoms with van der Waals surface area (Å²) in [4.78, 5) is 26.5. The van der Waals surface area contributed by atoms with Crippen molar-refractivity contribution in [2.75, 3.05) is 0 Å². The number of ketones is 1. The van der Waals surface area contributed by atoms with E-state index in [0.29, 0.717) is 4.88 Å². The van der Waals surface area contributed by atoms with Crippen molar-refractivity contribution in [1.82, 2.24) is 4.98 Å². The van der Waals surface area contributed by atoms with Gasteiger partial charge in [0.1, 0.15) is 0 Å². The summed E-state index contributed by atoms with van der Waals surface area (Å²) in [7, 11) is 0. The summed E-state index contributed by atoms with van der Waals surface area (Å²) >= 11 is 1.29. The monoisotopic (exact) mass is 222 g/mol. The zero-order valence-corrected chi connectivity index (χ0v) is 8.28. The van der Waals surface area contributed by atoms with Gasteiger partial charge in [-0.3, -0.25) is 9.59 Å². The average molecular weight is 222 g/mol. The SMILES string of the molecule is NC(=O)c1ncc(C(=O)c2cccs2)o1. The Balaban J connectivity index is 2.31. The second-order valence-electron chi connectivity index (χ2n) is 2.70. The maximum atomic E-state index is 11.7. The predicted molar refractivity (Wildman–Crippen MR) is 52.8 cm³/mol. The summed E-state index contributed by atoms with van der Waals surface area (Å²) in [6, 6.07) is 3.42. The summed E-state index contributed by atoms with van der Waals surface area (Å²) in [6.45, 7) is 0. The Bertz CT molecular complexity index is 501. The lowest BCUT2D eigenvalue weighted by Gasteiger charge is -1.90. The standard InChI is InChI=1S/C9H6N2O3S/c10-8(13)9-11-4-5(14-9)7(12)6-2-1-3-15-6/h1-4H,(H2,10,13). The minimum Gasteiger partial charge on any atom is -0.429 e. The Hall–Kier alpha value is -1.95. The van der Waals surface area contributed by atoms with Crippen molar-refractivity contribution in [2.45, 2.75) is 0 Å². The van der Waals surface area contributed by atoms with E-state index in [1.54, 1.807) is 17.5 Å². The number of carbonyl (C=O) groups is 2. The van der Waals surface area contributed by atoms with Crippen LogP contribution in [0.25, 0.3) is 0 Å². The number of nitrogens with two attached hydrogens (primary N) is 1. The zero-order chi connectivity index (χ0) is 10.8. The second kappa shape index (κ2) is 3.66. The Morgan fingerprint density at radius 3 is 2.80 bits per heavy atom. The average Bonchev–Trinajstić information content (AvgIpc) is 2.88. The van der Waals surface area contributed by atoms with Gasteiger partial charge in [0.05, 0.1) is 11.1 Å². The number of rotatable bonds is 3. The first kappa shape index (κ1) is 9.60. The summed E-state index contributed by atoms with van der Waals surface area (Å²) in [6.07, 6.45) is 1.20. The summed E-state index contributed by atoms with van der Waals surface area (Å²) < 4.78 is 4.90. The molecule has 0 aromatic carbocycles. The van der Waals surface area contributed by atoms with Crippen LogP contribution in [0.1, 0.15) is 26.1 Å². The van der Waals surface area contributed by atoms with Gasteiger partial charge in [-0.05, 0) is 11.4 Å². The highest BCUT2D eigenvalue weighted by molar-refractivity contribution is 7.12. The molecule has 0 unspecified atom stereocenters. The van der Waals surface area contributed by atoms with Crippen LogP contribution >= 0.6 is 11.3 Å². The van der Waals surface area contributed by atoms with E-state index >= 15 is 0 Å². The molecular weight excluding hydrogens is 216 g/mol. The molecule has 0 aliphatic carbocycles. The molecular formula is C9H6N2O3S. The maximum absolute atomic E-state index is 11.7. The maximum Gasteiger partial charge on any atom is 0.304 e. The van der Waals surface area contributed by atoms with Crippen molar-refractivity contribution in [3.63, 3.8) is 0 Å². The van der Waals surface area contributed by atoms with E-state index < -0.39 is 5.91 Å². The van der Waals surface area contributed by atoms with Crippen molar-refractivity contribution >= 4 is 23.0 Å². The smallest absolute Gasteiger partial charge is 0.304 e. The number of hydrogen-bond acceptors (Lipinski definition) is 5. The molecule has 1 amide bonds. The first-order valence-corrected chi connectivity index (χ1v) is 4.90. The Labute approximate surface area is 88.5 Å². The highest BCUT2D eigenvalue weighted by atomic mass is 32.1. The molecule has 0 spiro atoms. The molecule has 2 aromatic rings. The zero-order valence-electron chi connectivity index (χ0n) is 7.47. The highest BCUT2D eigenvalue weighted by Crippen LogP contribution is 2.15. The number of amides is 1. The van der Waals surface area contributed by atoms with Crippen LogP contribution in [0.3, 0.4) is 0 Å². The van der Waals surface area contributed by atoms with Crippen LogP contribution in [-0.2, 0) is 0 Å². The van der Waals surface area contributed by atoms with Gasteiger partial charge in [0.15, 0.2) is 5.76 Å². The fourth-order valence-electron chi connectivity index (χ4n) is 1.02. The van der Waals surface area contributed by atoms with Gasteiger partial charge in [0, 0.05) is 0 Å². The van der Waals surface area contributed by atoms with Gasteiger partial charge >= 0.3 is 5.91 Å². The minimum atomic E-state index is -0.791. The third kappa shape index (κ3) is 1.79. The molecule has 2 N–H and O–H groups in total. The third-order valence-electron chi connectivity index (χ3n) is 1.69. The molecule has 6 heteroatoms. The van der Waals surface area contributed by atoms with Crippen LogP contribution in [-0.4, -0.2) is 16.7 Å². The van der Waals surface area contributed by atoms with Gasteiger partial charge in [0.25, 0.3) is 5.89 Å². The molecule has 15 heavy (non-hydrogen) atoms. The van der Waals surface area contributed by atoms with Gasteiger partial charge in [-0.1, -0.05) is 6.07 Å². The number of thiophene rings is 1. The fourth-order valence-corrected chi connectivity index (χ4v) is 1.69. The van der Waals surface area contributed by atoms with E-state index in [2.05, 4.69) is 4.98 Å². The first-order chi connectivity index (χ1) is 7.18. The van der Waals surface area contributed by atoms with E-state index in [9.17, 15) is 9.59 Å². The van der Waals surface area contributed by atoms with E-state index in [4.69, 9.17) is 10.2 Å². The van der Waals surface area contributed by atoms with E-state index in [-0.39, 0.29) is 17.4 Å². The molecule has 0 fully saturated rings. The van der Waals surface area contributed by atoms with Gasteiger partial charge < -0.3 is 10.2 Å². The molecule has 0 atom stereocenters. The van der Waals surface area contributed by atoms with Crippen LogP contribution in [0.4, 0.5) is 0 Å². The normalized spacial score (nSPS) is 10.1. The first-order valence-electron chi connectivity index (χ1n) is 4.02. The molecule has 0 bridgehead atoms. The van der Waals surface area contributed by atoms with Crippen molar-refractivity contribution in [1.29, 1.82) is 0 Å². The molecule has 0 aliphatic heterocycles. The summed E-state index contributed by atoms with van der Waals surface area (Å²) in [5.74, 6) is -1.33. The molecule has 5 nitrogen and oxygen atoms in total. The summed E-state index contributed by atoms with van der Waals surface area (Å²) in [5.41, 5.74) is 4.94. The topological polar surface area (TPSA) is 86.2 Å².